The van der Waals surface area contributed by atoms with Crippen LogP contribution in [0.15, 0.2) is 24.3 Å². The second-order valence-electron chi connectivity index (χ2n) is 2.45. The lowest BCUT2D eigenvalue weighted by Gasteiger charge is -1.94. The molecule has 0 atom stereocenters. The Bertz CT molecular complexity index is 211. The van der Waals surface area contributed by atoms with Gasteiger partial charge >= 0.3 is 0 Å². The molecule has 1 nitrogen and oxygen atoms in total. The van der Waals surface area contributed by atoms with Crippen LogP contribution in [0.25, 0.3) is 0 Å². The molecule has 1 N–H and O–H groups in total. The summed E-state index contributed by atoms with van der Waals surface area (Å²) in [5, 5.41) is 8.76. The van der Waals surface area contributed by atoms with E-state index in [0.717, 1.165) is 0 Å². The lowest BCUT2D eigenvalue weighted by atomic mass is 10.2. The number of hydrogen-bond acceptors (Lipinski definition) is 1. The van der Waals surface area contributed by atoms with E-state index in [1.165, 1.54) is 5.56 Å². The molecule has 0 heterocycles. The fourth-order valence-corrected chi connectivity index (χ4v) is 0.545. The summed E-state index contributed by atoms with van der Waals surface area (Å²) in [6.45, 7) is 5.05. The monoisotopic (exact) mass is 239 g/mol. The van der Waals surface area contributed by atoms with Gasteiger partial charge in [-0.05, 0) is 26.0 Å². The Labute approximate surface area is 93.2 Å². The van der Waals surface area contributed by atoms with Crippen LogP contribution >= 0.6 is 34.8 Å². The second-order valence-corrected chi connectivity index (χ2v) is 4.97. The van der Waals surface area contributed by atoms with Crippen LogP contribution in [0.5, 0.6) is 5.75 Å². The first-order chi connectivity index (χ1) is 5.79. The molecule has 4 heteroatoms. The van der Waals surface area contributed by atoms with Crippen LogP contribution in [0.3, 0.4) is 0 Å². The number of phenols is 1. The van der Waals surface area contributed by atoms with Crippen molar-refractivity contribution >= 4 is 34.8 Å². The van der Waals surface area contributed by atoms with E-state index < -0.39 is 3.79 Å². The fourth-order valence-electron chi connectivity index (χ4n) is 0.545. The molecular formula is C9H10Cl3O. The van der Waals surface area contributed by atoms with Gasteiger partial charge in [-0.25, -0.2) is 0 Å². The number of aryl methyl sites for hydroxylation is 1. The van der Waals surface area contributed by atoms with Crippen molar-refractivity contribution in [2.75, 3.05) is 0 Å². The Hall–Kier alpha value is -0.110. The van der Waals surface area contributed by atoms with Gasteiger partial charge in [0.15, 0.2) is 3.79 Å². The van der Waals surface area contributed by atoms with Crippen molar-refractivity contribution in [2.24, 2.45) is 0 Å². The Balaban J connectivity index is 0.000000252. The molecule has 1 rings (SSSR count). The number of aromatic hydroxyl groups is 1. The average molecular weight is 241 g/mol. The molecule has 1 aromatic rings. The van der Waals surface area contributed by atoms with Crippen molar-refractivity contribution < 1.29 is 5.11 Å². The summed E-state index contributed by atoms with van der Waals surface area (Å²) in [5.74, 6) is 0.329. The van der Waals surface area contributed by atoms with Gasteiger partial charge in [-0.3, -0.25) is 0 Å². The molecule has 0 unspecified atom stereocenters. The summed E-state index contributed by atoms with van der Waals surface area (Å²) in [6.07, 6.45) is 0. The minimum absolute atomic E-state index is 0.329. The zero-order chi connectivity index (χ0) is 10.5. The van der Waals surface area contributed by atoms with Gasteiger partial charge in [-0.15, -0.1) is 0 Å². The van der Waals surface area contributed by atoms with E-state index in [1.807, 2.05) is 19.1 Å². The van der Waals surface area contributed by atoms with E-state index in [4.69, 9.17) is 39.9 Å². The molecule has 73 valence electrons. The highest BCUT2D eigenvalue weighted by atomic mass is 35.6. The highest BCUT2D eigenvalue weighted by molar-refractivity contribution is 6.68. The number of rotatable bonds is 0. The Morgan fingerprint density at radius 3 is 1.69 bits per heavy atom. The summed E-state index contributed by atoms with van der Waals surface area (Å²) < 4.78 is -1.33. The van der Waals surface area contributed by atoms with Gasteiger partial charge in [0.25, 0.3) is 0 Å². The molecule has 0 saturated heterocycles. The summed E-state index contributed by atoms with van der Waals surface area (Å²) >= 11 is 14.8. The predicted octanol–water partition coefficient (Wildman–Crippen LogP) is 3.89. The van der Waals surface area contributed by atoms with Crippen molar-refractivity contribution in [3.05, 3.63) is 36.8 Å². The fraction of sp³-hybridized carbons (Fsp3) is 0.222. The van der Waals surface area contributed by atoms with E-state index in [-0.39, 0.29) is 0 Å². The normalized spacial score (nSPS) is 10.2. The van der Waals surface area contributed by atoms with Crippen molar-refractivity contribution in [3.8, 4) is 5.75 Å². The van der Waals surface area contributed by atoms with Gasteiger partial charge in [-0.2, -0.15) is 0 Å². The van der Waals surface area contributed by atoms with Crippen molar-refractivity contribution in [1.29, 1.82) is 0 Å². The third-order valence-electron chi connectivity index (χ3n) is 1.03. The second kappa shape index (κ2) is 5.58. The minimum atomic E-state index is -1.33. The summed E-state index contributed by atoms with van der Waals surface area (Å²) in [5.41, 5.74) is 1.17. The molecule has 0 spiro atoms. The van der Waals surface area contributed by atoms with Gasteiger partial charge in [0.1, 0.15) is 5.75 Å². The molecule has 0 bridgehead atoms. The molecule has 1 radical (unpaired) electrons. The minimum Gasteiger partial charge on any atom is -0.508 e. The summed E-state index contributed by atoms with van der Waals surface area (Å²) in [4.78, 5) is 0. The highest BCUT2D eigenvalue weighted by Gasteiger charge is 2.07. The Kier molecular flexibility index (Phi) is 5.54. The number of benzene rings is 1. The number of phenolic OH excluding ortho intramolecular Hbond substituents is 1. The van der Waals surface area contributed by atoms with E-state index in [1.54, 1.807) is 12.1 Å². The first-order valence-corrected chi connectivity index (χ1v) is 4.60. The van der Waals surface area contributed by atoms with Crippen LogP contribution in [0, 0.1) is 13.8 Å². The zero-order valence-corrected chi connectivity index (χ0v) is 9.37. The summed E-state index contributed by atoms with van der Waals surface area (Å²) in [6, 6.07) is 7.09. The van der Waals surface area contributed by atoms with Crippen molar-refractivity contribution in [3.63, 3.8) is 0 Å². The molecular weight excluding hydrogens is 230 g/mol. The third-order valence-corrected chi connectivity index (χ3v) is 1.03. The van der Waals surface area contributed by atoms with Gasteiger partial charge in [0, 0.05) is 0 Å². The van der Waals surface area contributed by atoms with E-state index in [9.17, 15) is 0 Å². The largest absolute Gasteiger partial charge is 0.508 e. The zero-order valence-electron chi connectivity index (χ0n) is 7.10. The van der Waals surface area contributed by atoms with Crippen LogP contribution in [-0.4, -0.2) is 8.90 Å². The van der Waals surface area contributed by atoms with Crippen molar-refractivity contribution in [1.82, 2.24) is 0 Å². The molecule has 0 aliphatic rings. The standard InChI is InChI=1S/C7H8O.C2H2Cl3/c1-6-2-4-7(8)5-3-6;1-2(3,4)5/h2-5,8H,1H3;1H2. The lowest BCUT2D eigenvalue weighted by Crippen LogP contribution is -1.88. The lowest BCUT2D eigenvalue weighted by molar-refractivity contribution is 0.475. The molecule has 0 saturated carbocycles. The number of alkyl halides is 3. The molecule has 1 aromatic carbocycles. The average Bonchev–Trinajstić information content (AvgIpc) is 1.92. The van der Waals surface area contributed by atoms with E-state index >= 15 is 0 Å². The molecule has 0 amide bonds. The first-order valence-electron chi connectivity index (χ1n) is 3.47. The Morgan fingerprint density at radius 1 is 1.15 bits per heavy atom. The van der Waals surface area contributed by atoms with Crippen LogP contribution in [-0.2, 0) is 0 Å². The first kappa shape index (κ1) is 12.9. The van der Waals surface area contributed by atoms with Gasteiger partial charge in [0.2, 0.25) is 0 Å². The third kappa shape index (κ3) is 11.9. The predicted molar refractivity (Wildman–Crippen MR) is 58.5 cm³/mol. The topological polar surface area (TPSA) is 20.2 Å². The molecule has 0 aliphatic carbocycles. The van der Waals surface area contributed by atoms with E-state index in [2.05, 4.69) is 6.92 Å². The van der Waals surface area contributed by atoms with Gasteiger partial charge in [-0.1, -0.05) is 52.5 Å². The molecule has 0 aromatic heterocycles. The smallest absolute Gasteiger partial charge is 0.190 e. The van der Waals surface area contributed by atoms with E-state index in [0.29, 0.717) is 5.75 Å². The number of hydrogen-bond donors (Lipinski definition) is 1. The van der Waals surface area contributed by atoms with Crippen LogP contribution in [0.2, 0.25) is 0 Å². The molecule has 13 heavy (non-hydrogen) atoms. The maximum absolute atomic E-state index is 8.76. The quantitative estimate of drug-likeness (QED) is 0.682. The maximum atomic E-state index is 8.76. The molecule has 0 fully saturated rings. The SMILES string of the molecule is Cc1ccc(O)cc1.[CH2]C(Cl)(Cl)Cl. The summed E-state index contributed by atoms with van der Waals surface area (Å²) in [7, 11) is 0. The van der Waals surface area contributed by atoms with Gasteiger partial charge < -0.3 is 5.11 Å². The molecule has 0 aliphatic heterocycles. The van der Waals surface area contributed by atoms with Crippen molar-refractivity contribution in [2.45, 2.75) is 10.7 Å². The maximum Gasteiger partial charge on any atom is 0.190 e. The van der Waals surface area contributed by atoms with Crippen LogP contribution in [0.4, 0.5) is 0 Å². The highest BCUT2D eigenvalue weighted by Crippen LogP contribution is 2.22. The Morgan fingerprint density at radius 2 is 1.46 bits per heavy atom. The van der Waals surface area contributed by atoms with Crippen LogP contribution in [0.1, 0.15) is 5.56 Å². The number of halogens is 3. The van der Waals surface area contributed by atoms with Gasteiger partial charge in [0.05, 0.1) is 0 Å². The van der Waals surface area contributed by atoms with Crippen LogP contribution < -0.4 is 0 Å².